The van der Waals surface area contributed by atoms with Crippen LogP contribution in [0.2, 0.25) is 0 Å². The highest BCUT2D eigenvalue weighted by atomic mass is 19.2. The number of carbonyl (C=O) groups excluding carboxylic acids is 2. The lowest BCUT2D eigenvalue weighted by Gasteiger charge is -2.27. The maximum absolute atomic E-state index is 13.6. The molecule has 0 heterocycles. The Morgan fingerprint density at radius 3 is 2.28 bits per heavy atom. The fraction of sp³-hybridized carbons (Fsp3) is 0.529. The van der Waals surface area contributed by atoms with Crippen molar-refractivity contribution in [3.63, 3.8) is 0 Å². The van der Waals surface area contributed by atoms with Crippen molar-refractivity contribution in [2.75, 3.05) is 13.2 Å². The maximum Gasteiger partial charge on any atom is 0.249 e. The van der Waals surface area contributed by atoms with Crippen LogP contribution < -0.4 is 5.32 Å². The molecule has 0 saturated heterocycles. The van der Waals surface area contributed by atoms with Gasteiger partial charge in [-0.2, -0.15) is 0 Å². The summed E-state index contributed by atoms with van der Waals surface area (Å²) in [6, 6.07) is 0.814. The first kappa shape index (κ1) is 21.1. The van der Waals surface area contributed by atoms with Crippen molar-refractivity contribution < 1.29 is 33.0 Å². The molecular weight excluding hydrogens is 339 g/mol. The predicted molar refractivity (Wildman–Crippen MR) is 84.3 cm³/mol. The second-order valence-electron chi connectivity index (χ2n) is 6.77. The van der Waals surface area contributed by atoms with Crippen LogP contribution in [0.5, 0.6) is 0 Å². The Morgan fingerprint density at radius 1 is 1.16 bits per heavy atom. The normalized spacial score (nSPS) is 14.1. The Bertz CT molecular complexity index is 649. The fourth-order valence-corrected chi connectivity index (χ4v) is 2.05. The van der Waals surface area contributed by atoms with Gasteiger partial charge in [0.25, 0.3) is 0 Å². The first-order chi connectivity index (χ1) is 11.5. The van der Waals surface area contributed by atoms with Gasteiger partial charge in [-0.05, 0) is 12.0 Å². The van der Waals surface area contributed by atoms with E-state index in [0.29, 0.717) is 12.1 Å². The number of aliphatic hydroxyl groups excluding tert-OH is 2. The lowest BCUT2D eigenvalue weighted by Crippen LogP contribution is -2.46. The van der Waals surface area contributed by atoms with E-state index in [9.17, 15) is 27.9 Å². The Kier molecular flexibility index (Phi) is 7.13. The number of rotatable bonds is 8. The van der Waals surface area contributed by atoms with Crippen molar-refractivity contribution in [2.24, 2.45) is 11.3 Å². The van der Waals surface area contributed by atoms with Crippen LogP contribution >= 0.6 is 0 Å². The second kappa shape index (κ2) is 8.44. The summed E-state index contributed by atoms with van der Waals surface area (Å²) in [5.74, 6) is -5.73. The fourth-order valence-electron chi connectivity index (χ4n) is 2.05. The topological polar surface area (TPSA) is 86.6 Å². The molecule has 2 atom stereocenters. The highest BCUT2D eigenvalue weighted by Gasteiger charge is 2.33. The van der Waals surface area contributed by atoms with Crippen molar-refractivity contribution in [1.82, 2.24) is 5.32 Å². The number of benzene rings is 1. The number of Topliss-reactive ketones (excluding diaryl/α,β-unsaturated/α-hetero) is 1. The van der Waals surface area contributed by atoms with Crippen molar-refractivity contribution in [3.8, 4) is 0 Å². The number of carbonyl (C=O) groups is 2. The third-order valence-corrected chi connectivity index (χ3v) is 3.87. The van der Waals surface area contributed by atoms with Crippen molar-refractivity contribution in [2.45, 2.75) is 33.3 Å². The average Bonchev–Trinajstić information content (AvgIpc) is 2.54. The van der Waals surface area contributed by atoms with E-state index in [2.05, 4.69) is 5.32 Å². The lowest BCUT2D eigenvalue weighted by molar-refractivity contribution is -0.137. The molecule has 1 aromatic carbocycles. The van der Waals surface area contributed by atoms with Crippen molar-refractivity contribution in [1.29, 1.82) is 0 Å². The standard InChI is InChI=1S/C17H22F3NO4/c1-9(7-21-16(25)15(24)17(2,3)8-22)4-14(23)10-5-12(19)13(20)6-11(10)18/h5-6,9,15,22,24H,4,7-8H2,1-3H3,(H,21,25)/t9-,15-/m0/s1. The highest BCUT2D eigenvalue weighted by molar-refractivity contribution is 5.96. The van der Waals surface area contributed by atoms with Crippen LogP contribution in [-0.4, -0.2) is 41.2 Å². The van der Waals surface area contributed by atoms with Crippen LogP contribution in [0.4, 0.5) is 13.2 Å². The number of aliphatic hydroxyl groups is 2. The molecule has 8 heteroatoms. The molecule has 5 nitrogen and oxygen atoms in total. The van der Waals surface area contributed by atoms with Gasteiger partial charge in [-0.25, -0.2) is 13.2 Å². The van der Waals surface area contributed by atoms with Gasteiger partial charge in [-0.1, -0.05) is 20.8 Å². The van der Waals surface area contributed by atoms with Gasteiger partial charge in [0.1, 0.15) is 11.9 Å². The SMILES string of the molecule is C[C@H](CNC(=O)[C@H](O)C(C)(C)CO)CC(=O)c1cc(F)c(F)cc1F. The van der Waals surface area contributed by atoms with Gasteiger partial charge in [0, 0.05) is 24.4 Å². The van der Waals surface area contributed by atoms with E-state index in [4.69, 9.17) is 5.11 Å². The number of ketones is 1. The lowest BCUT2D eigenvalue weighted by atomic mass is 9.87. The summed E-state index contributed by atoms with van der Waals surface area (Å²) >= 11 is 0. The van der Waals surface area contributed by atoms with Gasteiger partial charge in [0.2, 0.25) is 5.91 Å². The quantitative estimate of drug-likeness (QED) is 0.487. The predicted octanol–water partition coefficient (Wildman–Crippen LogP) is 1.81. The second-order valence-corrected chi connectivity index (χ2v) is 6.77. The number of nitrogens with one attached hydrogen (secondary N) is 1. The highest BCUT2D eigenvalue weighted by Crippen LogP contribution is 2.20. The molecule has 1 amide bonds. The minimum absolute atomic E-state index is 0.00837. The largest absolute Gasteiger partial charge is 0.396 e. The van der Waals surface area contributed by atoms with E-state index in [1.165, 1.54) is 13.8 Å². The Labute approximate surface area is 143 Å². The smallest absolute Gasteiger partial charge is 0.249 e. The molecule has 0 fully saturated rings. The Morgan fingerprint density at radius 2 is 1.72 bits per heavy atom. The molecule has 140 valence electrons. The molecule has 0 saturated carbocycles. The van der Waals surface area contributed by atoms with Gasteiger partial charge in [0.15, 0.2) is 17.4 Å². The van der Waals surface area contributed by atoms with Gasteiger partial charge < -0.3 is 15.5 Å². The molecule has 0 aromatic heterocycles. The molecule has 1 rings (SSSR count). The van der Waals surface area contributed by atoms with E-state index in [0.717, 1.165) is 0 Å². The zero-order chi connectivity index (χ0) is 19.4. The van der Waals surface area contributed by atoms with Crippen LogP contribution in [-0.2, 0) is 4.79 Å². The average molecular weight is 361 g/mol. The van der Waals surface area contributed by atoms with E-state index < -0.39 is 58.7 Å². The monoisotopic (exact) mass is 361 g/mol. The zero-order valence-electron chi connectivity index (χ0n) is 14.3. The van der Waals surface area contributed by atoms with Crippen molar-refractivity contribution in [3.05, 3.63) is 35.1 Å². The van der Waals surface area contributed by atoms with Crippen molar-refractivity contribution >= 4 is 11.7 Å². The minimum Gasteiger partial charge on any atom is -0.396 e. The van der Waals surface area contributed by atoms with Gasteiger partial charge in [-0.15, -0.1) is 0 Å². The van der Waals surface area contributed by atoms with Crippen LogP contribution in [0.25, 0.3) is 0 Å². The molecule has 0 bridgehead atoms. The molecule has 3 N–H and O–H groups in total. The van der Waals surface area contributed by atoms with Gasteiger partial charge in [0.05, 0.1) is 12.2 Å². The number of hydrogen-bond donors (Lipinski definition) is 3. The maximum atomic E-state index is 13.6. The van der Waals surface area contributed by atoms with Crippen LogP contribution in [0.3, 0.4) is 0 Å². The van der Waals surface area contributed by atoms with E-state index in [1.54, 1.807) is 6.92 Å². The molecular formula is C17H22F3NO4. The van der Waals surface area contributed by atoms with Gasteiger partial charge in [-0.3, -0.25) is 9.59 Å². The summed E-state index contributed by atoms with van der Waals surface area (Å²) in [7, 11) is 0. The molecule has 0 radical (unpaired) electrons. The summed E-state index contributed by atoms with van der Waals surface area (Å²) in [5, 5.41) is 21.4. The summed E-state index contributed by atoms with van der Waals surface area (Å²) in [4.78, 5) is 23.8. The molecule has 1 aromatic rings. The summed E-state index contributed by atoms with van der Waals surface area (Å²) < 4.78 is 39.6. The number of halogens is 3. The molecule has 0 spiro atoms. The minimum atomic E-state index is -1.44. The number of hydrogen-bond acceptors (Lipinski definition) is 4. The Balaban J connectivity index is 2.63. The van der Waals surface area contributed by atoms with Gasteiger partial charge >= 0.3 is 0 Å². The third-order valence-electron chi connectivity index (χ3n) is 3.87. The first-order valence-electron chi connectivity index (χ1n) is 7.74. The van der Waals surface area contributed by atoms with Crippen LogP contribution in [0.1, 0.15) is 37.6 Å². The van der Waals surface area contributed by atoms with E-state index in [1.807, 2.05) is 0 Å². The first-order valence-corrected chi connectivity index (χ1v) is 7.74. The third kappa shape index (κ3) is 5.54. The van der Waals surface area contributed by atoms with Crippen LogP contribution in [0.15, 0.2) is 12.1 Å². The summed E-state index contributed by atoms with van der Waals surface area (Å²) in [6.07, 6.45) is -1.65. The van der Waals surface area contributed by atoms with Crippen LogP contribution in [0, 0.1) is 28.8 Å². The van der Waals surface area contributed by atoms with E-state index >= 15 is 0 Å². The van der Waals surface area contributed by atoms with E-state index in [-0.39, 0.29) is 13.0 Å². The molecule has 0 unspecified atom stereocenters. The number of amides is 1. The zero-order valence-corrected chi connectivity index (χ0v) is 14.3. The molecule has 25 heavy (non-hydrogen) atoms. The molecule has 0 aliphatic heterocycles. The molecule has 0 aliphatic carbocycles. The summed E-state index contributed by atoms with van der Waals surface area (Å²) in [6.45, 7) is 4.23. The Hall–Kier alpha value is -1.93. The molecule has 0 aliphatic rings. The summed E-state index contributed by atoms with van der Waals surface area (Å²) in [5.41, 5.74) is -1.59.